The van der Waals surface area contributed by atoms with Gasteiger partial charge in [-0.25, -0.2) is 0 Å². The van der Waals surface area contributed by atoms with Crippen LogP contribution in [0.15, 0.2) is 24.3 Å². The Bertz CT molecular complexity index is 349. The number of nitrogens with one attached hydrogen (secondary N) is 1. The first-order valence-electron chi connectivity index (χ1n) is 5.67. The van der Waals surface area contributed by atoms with Gasteiger partial charge in [-0.2, -0.15) is 0 Å². The summed E-state index contributed by atoms with van der Waals surface area (Å²) < 4.78 is 11.0. The van der Waals surface area contributed by atoms with Gasteiger partial charge in [-0.15, -0.1) is 0 Å². The molecule has 0 aromatic heterocycles. The van der Waals surface area contributed by atoms with E-state index in [4.69, 9.17) is 9.47 Å². The second kappa shape index (κ2) is 4.44. The quantitative estimate of drug-likeness (QED) is 0.846. The highest BCUT2D eigenvalue weighted by Crippen LogP contribution is 2.22. The summed E-state index contributed by atoms with van der Waals surface area (Å²) in [6, 6.07) is 8.13. The standard InChI is InChI=1S/C13H19NO2/c1-10-9-14-13(2,16-10)8-11-4-6-12(15-3)7-5-11/h4-7,10,14H,8-9H2,1-3H3. The Morgan fingerprint density at radius 2 is 2.12 bits per heavy atom. The van der Waals surface area contributed by atoms with Gasteiger partial charge in [-0.1, -0.05) is 12.1 Å². The molecule has 0 bridgehead atoms. The lowest BCUT2D eigenvalue weighted by molar-refractivity contribution is -0.0292. The molecule has 1 heterocycles. The fourth-order valence-corrected chi connectivity index (χ4v) is 2.12. The maximum atomic E-state index is 5.87. The smallest absolute Gasteiger partial charge is 0.120 e. The monoisotopic (exact) mass is 221 g/mol. The molecule has 2 atom stereocenters. The molecule has 3 heteroatoms. The van der Waals surface area contributed by atoms with E-state index in [0.29, 0.717) is 6.10 Å². The van der Waals surface area contributed by atoms with Crippen molar-refractivity contribution >= 4 is 0 Å². The van der Waals surface area contributed by atoms with Crippen LogP contribution in [0, 0.1) is 0 Å². The summed E-state index contributed by atoms with van der Waals surface area (Å²) in [6.45, 7) is 5.11. The number of ether oxygens (including phenoxy) is 2. The zero-order valence-electron chi connectivity index (χ0n) is 10.1. The molecule has 1 aromatic carbocycles. The van der Waals surface area contributed by atoms with Gasteiger partial charge < -0.3 is 9.47 Å². The van der Waals surface area contributed by atoms with Gasteiger partial charge in [0.1, 0.15) is 11.5 Å². The molecule has 1 aliphatic rings. The van der Waals surface area contributed by atoms with Crippen LogP contribution >= 0.6 is 0 Å². The Morgan fingerprint density at radius 1 is 1.44 bits per heavy atom. The van der Waals surface area contributed by atoms with E-state index in [1.165, 1.54) is 5.56 Å². The minimum absolute atomic E-state index is 0.228. The molecule has 0 radical (unpaired) electrons. The van der Waals surface area contributed by atoms with E-state index in [9.17, 15) is 0 Å². The van der Waals surface area contributed by atoms with Crippen LogP contribution in [0.25, 0.3) is 0 Å². The van der Waals surface area contributed by atoms with Gasteiger partial charge in [0.15, 0.2) is 0 Å². The average Bonchev–Trinajstić information content (AvgIpc) is 2.59. The molecule has 1 fully saturated rings. The van der Waals surface area contributed by atoms with Gasteiger partial charge in [0.25, 0.3) is 0 Å². The molecule has 1 saturated heterocycles. The largest absolute Gasteiger partial charge is 0.497 e. The summed E-state index contributed by atoms with van der Waals surface area (Å²) in [4.78, 5) is 0. The Morgan fingerprint density at radius 3 is 2.62 bits per heavy atom. The Kier molecular flexibility index (Phi) is 3.17. The van der Waals surface area contributed by atoms with E-state index < -0.39 is 0 Å². The van der Waals surface area contributed by atoms with Crippen LogP contribution in [-0.4, -0.2) is 25.5 Å². The molecule has 1 N–H and O–H groups in total. The van der Waals surface area contributed by atoms with E-state index in [-0.39, 0.29) is 5.72 Å². The van der Waals surface area contributed by atoms with Crippen molar-refractivity contribution in [1.29, 1.82) is 0 Å². The lowest BCUT2D eigenvalue weighted by atomic mass is 10.0. The first-order chi connectivity index (χ1) is 7.61. The molecule has 0 spiro atoms. The lowest BCUT2D eigenvalue weighted by Gasteiger charge is -2.24. The second-order valence-corrected chi connectivity index (χ2v) is 4.57. The fraction of sp³-hybridized carbons (Fsp3) is 0.538. The molecular weight excluding hydrogens is 202 g/mol. The number of hydrogen-bond donors (Lipinski definition) is 1. The number of rotatable bonds is 3. The van der Waals surface area contributed by atoms with Crippen LogP contribution in [0.5, 0.6) is 5.75 Å². The summed E-state index contributed by atoms with van der Waals surface area (Å²) in [5.41, 5.74) is 1.03. The first kappa shape index (κ1) is 11.4. The normalized spacial score (nSPS) is 29.3. The topological polar surface area (TPSA) is 30.5 Å². The van der Waals surface area contributed by atoms with Crippen molar-refractivity contribution < 1.29 is 9.47 Å². The van der Waals surface area contributed by atoms with Crippen LogP contribution in [0.1, 0.15) is 19.4 Å². The Labute approximate surface area is 96.8 Å². The number of hydrogen-bond acceptors (Lipinski definition) is 3. The number of benzene rings is 1. The third-order valence-corrected chi connectivity index (χ3v) is 2.93. The van der Waals surface area contributed by atoms with Gasteiger partial charge in [-0.05, 0) is 31.5 Å². The van der Waals surface area contributed by atoms with Crippen LogP contribution in [0.2, 0.25) is 0 Å². The summed E-state index contributed by atoms with van der Waals surface area (Å²) in [6.07, 6.45) is 1.17. The minimum atomic E-state index is -0.228. The second-order valence-electron chi connectivity index (χ2n) is 4.57. The maximum Gasteiger partial charge on any atom is 0.120 e. The van der Waals surface area contributed by atoms with Crippen molar-refractivity contribution in [2.24, 2.45) is 0 Å². The maximum absolute atomic E-state index is 5.87. The van der Waals surface area contributed by atoms with Crippen LogP contribution in [0.3, 0.4) is 0 Å². The van der Waals surface area contributed by atoms with Gasteiger partial charge >= 0.3 is 0 Å². The van der Waals surface area contributed by atoms with Gasteiger partial charge in [-0.3, -0.25) is 5.32 Å². The van der Waals surface area contributed by atoms with Crippen LogP contribution < -0.4 is 10.1 Å². The molecule has 3 nitrogen and oxygen atoms in total. The fourth-order valence-electron chi connectivity index (χ4n) is 2.12. The van der Waals surface area contributed by atoms with Crippen molar-refractivity contribution in [3.8, 4) is 5.75 Å². The van der Waals surface area contributed by atoms with Crippen molar-refractivity contribution in [3.05, 3.63) is 29.8 Å². The molecular formula is C13H19NO2. The SMILES string of the molecule is COc1ccc(CC2(C)NCC(C)O2)cc1. The van der Waals surface area contributed by atoms with Crippen LogP contribution in [-0.2, 0) is 11.2 Å². The summed E-state index contributed by atoms with van der Waals surface area (Å²) in [7, 11) is 1.68. The van der Waals surface area contributed by atoms with Crippen molar-refractivity contribution in [1.82, 2.24) is 5.32 Å². The third-order valence-electron chi connectivity index (χ3n) is 2.93. The zero-order chi connectivity index (χ0) is 11.6. The van der Waals surface area contributed by atoms with Gasteiger partial charge in [0, 0.05) is 13.0 Å². The molecule has 0 aliphatic carbocycles. The molecule has 2 unspecified atom stereocenters. The van der Waals surface area contributed by atoms with Crippen LogP contribution in [0.4, 0.5) is 0 Å². The predicted octanol–water partition coefficient (Wildman–Crippen LogP) is 1.96. The highest BCUT2D eigenvalue weighted by Gasteiger charge is 2.33. The first-order valence-corrected chi connectivity index (χ1v) is 5.67. The third kappa shape index (κ3) is 2.54. The molecule has 0 amide bonds. The van der Waals surface area contributed by atoms with Gasteiger partial charge in [0.2, 0.25) is 0 Å². The van der Waals surface area contributed by atoms with E-state index in [2.05, 4.69) is 31.3 Å². The summed E-state index contributed by atoms with van der Waals surface area (Å²) >= 11 is 0. The highest BCUT2D eigenvalue weighted by molar-refractivity contribution is 5.28. The van der Waals surface area contributed by atoms with E-state index in [1.807, 2.05) is 12.1 Å². The highest BCUT2D eigenvalue weighted by atomic mass is 16.5. The predicted molar refractivity (Wildman–Crippen MR) is 63.7 cm³/mol. The van der Waals surface area contributed by atoms with E-state index >= 15 is 0 Å². The molecule has 1 aromatic rings. The summed E-state index contributed by atoms with van der Waals surface area (Å²) in [5.74, 6) is 0.891. The van der Waals surface area contributed by atoms with Crippen molar-refractivity contribution in [2.45, 2.75) is 32.1 Å². The zero-order valence-corrected chi connectivity index (χ0v) is 10.1. The summed E-state index contributed by atoms with van der Waals surface area (Å²) in [5, 5.41) is 3.41. The molecule has 1 aliphatic heterocycles. The molecule has 0 saturated carbocycles. The van der Waals surface area contributed by atoms with Crippen molar-refractivity contribution in [3.63, 3.8) is 0 Å². The number of methoxy groups -OCH3 is 1. The Balaban J connectivity index is 2.03. The Hall–Kier alpha value is -1.06. The average molecular weight is 221 g/mol. The minimum Gasteiger partial charge on any atom is -0.497 e. The molecule has 2 rings (SSSR count). The van der Waals surface area contributed by atoms with E-state index in [0.717, 1.165) is 18.7 Å². The lowest BCUT2D eigenvalue weighted by Crippen LogP contribution is -2.39. The van der Waals surface area contributed by atoms with E-state index in [1.54, 1.807) is 7.11 Å². The van der Waals surface area contributed by atoms with Crippen molar-refractivity contribution in [2.75, 3.05) is 13.7 Å². The molecule has 88 valence electrons. The molecule has 16 heavy (non-hydrogen) atoms. The van der Waals surface area contributed by atoms with Gasteiger partial charge in [0.05, 0.1) is 13.2 Å².